The van der Waals surface area contributed by atoms with Gasteiger partial charge in [0.15, 0.2) is 11.5 Å². The quantitative estimate of drug-likeness (QED) is 0.747. The molecule has 0 bridgehead atoms. The topological polar surface area (TPSA) is 61.7 Å². The van der Waals surface area contributed by atoms with Crippen molar-refractivity contribution in [2.75, 3.05) is 13.7 Å². The maximum atomic E-state index is 9.76. The molecule has 0 spiro atoms. The highest BCUT2D eigenvalue weighted by Crippen LogP contribution is 2.38. The summed E-state index contributed by atoms with van der Waals surface area (Å²) in [5.74, 6) is 0.496. The average Bonchev–Trinajstić information content (AvgIpc) is 2.48. The fraction of sp³-hybridized carbons (Fsp3) is 0.250. The van der Waals surface area contributed by atoms with Crippen LogP contribution in [0.4, 0.5) is 0 Å². The number of halogens is 1. The fourth-order valence-electron chi connectivity index (χ4n) is 2.73. The number of methoxy groups -OCH3 is 1. The Bertz CT molecular complexity index is 687. The molecule has 5 heteroatoms. The lowest BCUT2D eigenvalue weighted by Crippen LogP contribution is -2.30. The lowest BCUT2D eigenvalue weighted by Gasteiger charge is -2.28. The molecule has 3 N–H and O–H groups in total. The zero-order valence-corrected chi connectivity index (χ0v) is 12.3. The molecule has 0 amide bonds. The maximum absolute atomic E-state index is 9.76. The number of fused-ring (bicyclic) bond motifs is 1. The first-order valence-electron chi connectivity index (χ1n) is 6.71. The summed E-state index contributed by atoms with van der Waals surface area (Å²) in [7, 11) is 1.60. The van der Waals surface area contributed by atoms with Crippen LogP contribution in [0.2, 0.25) is 5.02 Å². The molecule has 4 nitrogen and oxygen atoms in total. The Morgan fingerprint density at radius 2 is 1.90 bits per heavy atom. The first kappa shape index (κ1) is 14.0. The molecule has 0 radical (unpaired) electrons. The second-order valence-corrected chi connectivity index (χ2v) is 5.47. The third-order valence-corrected chi connectivity index (χ3v) is 4.14. The van der Waals surface area contributed by atoms with Gasteiger partial charge in [0.1, 0.15) is 5.75 Å². The van der Waals surface area contributed by atoms with Gasteiger partial charge in [-0.25, -0.2) is 0 Å². The highest BCUT2D eigenvalue weighted by atomic mass is 35.5. The van der Waals surface area contributed by atoms with E-state index in [9.17, 15) is 10.2 Å². The fourth-order valence-corrected chi connectivity index (χ4v) is 3.01. The largest absolute Gasteiger partial charge is 0.504 e. The number of phenols is 2. The summed E-state index contributed by atoms with van der Waals surface area (Å²) in [6, 6.07) is 8.65. The second-order valence-electron chi connectivity index (χ2n) is 5.06. The number of ether oxygens (including phenoxy) is 1. The predicted molar refractivity (Wildman–Crippen MR) is 81.3 cm³/mol. The molecule has 1 unspecified atom stereocenters. The van der Waals surface area contributed by atoms with Crippen LogP contribution in [0.15, 0.2) is 30.3 Å². The summed E-state index contributed by atoms with van der Waals surface area (Å²) in [4.78, 5) is 0. The Morgan fingerprint density at radius 3 is 2.62 bits per heavy atom. The Hall–Kier alpha value is -1.91. The molecule has 1 heterocycles. The minimum Gasteiger partial charge on any atom is -0.504 e. The van der Waals surface area contributed by atoms with E-state index >= 15 is 0 Å². The van der Waals surface area contributed by atoms with E-state index in [1.807, 2.05) is 12.1 Å². The lowest BCUT2D eigenvalue weighted by molar-refractivity contribution is 0.400. The van der Waals surface area contributed by atoms with Gasteiger partial charge in [-0.1, -0.05) is 17.7 Å². The molecule has 0 aromatic heterocycles. The van der Waals surface area contributed by atoms with Crippen molar-refractivity contribution in [3.8, 4) is 17.2 Å². The minimum atomic E-state index is -0.118. The normalized spacial score (nSPS) is 17.3. The Labute approximate surface area is 127 Å². The van der Waals surface area contributed by atoms with Crippen molar-refractivity contribution < 1.29 is 14.9 Å². The van der Waals surface area contributed by atoms with Gasteiger partial charge in [-0.3, -0.25) is 0 Å². The Morgan fingerprint density at radius 1 is 1.14 bits per heavy atom. The molecule has 21 heavy (non-hydrogen) atoms. The average molecular weight is 306 g/mol. The molecular formula is C16H16ClNO3. The van der Waals surface area contributed by atoms with Crippen LogP contribution in [0.5, 0.6) is 17.2 Å². The minimum absolute atomic E-state index is 0.0878. The van der Waals surface area contributed by atoms with E-state index in [-0.39, 0.29) is 17.5 Å². The first-order chi connectivity index (χ1) is 10.1. The standard InChI is InChI=1S/C16H16ClNO3/c1-21-10-2-3-11(13(17)7-10)16-12-8-15(20)14(19)6-9(12)4-5-18-16/h2-3,6-8,16,18-20H,4-5H2,1H3. The van der Waals surface area contributed by atoms with Crippen LogP contribution in [-0.2, 0) is 6.42 Å². The van der Waals surface area contributed by atoms with E-state index < -0.39 is 0 Å². The third-order valence-electron chi connectivity index (χ3n) is 3.81. The highest BCUT2D eigenvalue weighted by Gasteiger charge is 2.25. The lowest BCUT2D eigenvalue weighted by atomic mass is 9.89. The van der Waals surface area contributed by atoms with Crippen molar-refractivity contribution in [2.45, 2.75) is 12.5 Å². The molecular weight excluding hydrogens is 290 g/mol. The summed E-state index contributed by atoms with van der Waals surface area (Å²) < 4.78 is 5.16. The van der Waals surface area contributed by atoms with Crippen molar-refractivity contribution in [1.29, 1.82) is 0 Å². The molecule has 0 fully saturated rings. The van der Waals surface area contributed by atoms with Crippen molar-refractivity contribution in [1.82, 2.24) is 5.32 Å². The van der Waals surface area contributed by atoms with Crippen LogP contribution in [0.1, 0.15) is 22.7 Å². The number of benzene rings is 2. The molecule has 110 valence electrons. The van der Waals surface area contributed by atoms with Gasteiger partial charge < -0.3 is 20.3 Å². The van der Waals surface area contributed by atoms with Crippen molar-refractivity contribution in [2.24, 2.45) is 0 Å². The number of phenolic OH excluding ortho intramolecular Hbond substituents is 2. The van der Waals surface area contributed by atoms with E-state index in [1.165, 1.54) is 0 Å². The molecule has 3 rings (SSSR count). The van der Waals surface area contributed by atoms with Crippen LogP contribution >= 0.6 is 11.6 Å². The van der Waals surface area contributed by atoms with Crippen molar-refractivity contribution in [3.05, 3.63) is 52.0 Å². The SMILES string of the molecule is COc1ccc(C2NCCc3cc(O)c(O)cc32)c(Cl)c1. The number of rotatable bonds is 2. The van der Waals surface area contributed by atoms with Crippen molar-refractivity contribution >= 4 is 11.6 Å². The molecule has 1 aliphatic rings. The zero-order chi connectivity index (χ0) is 15.0. The van der Waals surface area contributed by atoms with Gasteiger partial charge in [-0.05, 0) is 47.4 Å². The van der Waals surface area contributed by atoms with Crippen LogP contribution in [-0.4, -0.2) is 23.9 Å². The van der Waals surface area contributed by atoms with Gasteiger partial charge in [-0.2, -0.15) is 0 Å². The van der Waals surface area contributed by atoms with Gasteiger partial charge >= 0.3 is 0 Å². The molecule has 1 aliphatic heterocycles. The van der Waals surface area contributed by atoms with Gasteiger partial charge in [-0.15, -0.1) is 0 Å². The Balaban J connectivity index is 2.08. The van der Waals surface area contributed by atoms with Crippen LogP contribution in [0, 0.1) is 0 Å². The molecule has 2 aromatic rings. The summed E-state index contributed by atoms with van der Waals surface area (Å²) in [6.07, 6.45) is 0.799. The molecule has 0 saturated heterocycles. The second kappa shape index (κ2) is 5.47. The van der Waals surface area contributed by atoms with Gasteiger partial charge in [0.25, 0.3) is 0 Å². The molecule has 2 aromatic carbocycles. The zero-order valence-electron chi connectivity index (χ0n) is 11.6. The van der Waals surface area contributed by atoms with Crippen LogP contribution in [0.3, 0.4) is 0 Å². The molecule has 0 saturated carbocycles. The number of hydrogen-bond acceptors (Lipinski definition) is 4. The predicted octanol–water partition coefficient (Wildman–Crippen LogP) is 2.99. The van der Waals surface area contributed by atoms with E-state index in [2.05, 4.69) is 5.32 Å². The van der Waals surface area contributed by atoms with Gasteiger partial charge in [0.05, 0.1) is 13.2 Å². The maximum Gasteiger partial charge on any atom is 0.157 e. The van der Waals surface area contributed by atoms with Gasteiger partial charge in [0.2, 0.25) is 0 Å². The Kier molecular flexibility index (Phi) is 3.66. The highest BCUT2D eigenvalue weighted by molar-refractivity contribution is 6.31. The third kappa shape index (κ3) is 2.52. The van der Waals surface area contributed by atoms with E-state index in [4.69, 9.17) is 16.3 Å². The van der Waals surface area contributed by atoms with Crippen LogP contribution < -0.4 is 10.1 Å². The number of hydrogen-bond donors (Lipinski definition) is 3. The van der Waals surface area contributed by atoms with Crippen LogP contribution in [0.25, 0.3) is 0 Å². The summed E-state index contributed by atoms with van der Waals surface area (Å²) in [5.41, 5.74) is 2.87. The summed E-state index contributed by atoms with van der Waals surface area (Å²) >= 11 is 6.35. The summed E-state index contributed by atoms with van der Waals surface area (Å²) in [6.45, 7) is 0.782. The monoisotopic (exact) mass is 305 g/mol. The van der Waals surface area contributed by atoms with E-state index in [0.29, 0.717) is 10.8 Å². The molecule has 0 aliphatic carbocycles. The molecule has 1 atom stereocenters. The first-order valence-corrected chi connectivity index (χ1v) is 7.09. The number of nitrogens with one attached hydrogen (secondary N) is 1. The van der Waals surface area contributed by atoms with Gasteiger partial charge in [0, 0.05) is 11.6 Å². The van der Waals surface area contributed by atoms with E-state index in [1.54, 1.807) is 25.3 Å². The smallest absolute Gasteiger partial charge is 0.157 e. The number of aromatic hydroxyl groups is 2. The summed E-state index contributed by atoms with van der Waals surface area (Å²) in [5, 5.41) is 23.4. The van der Waals surface area contributed by atoms with Crippen molar-refractivity contribution in [3.63, 3.8) is 0 Å². The van der Waals surface area contributed by atoms with E-state index in [0.717, 1.165) is 29.7 Å².